The summed E-state index contributed by atoms with van der Waals surface area (Å²) < 4.78 is 43.2. The fraction of sp³-hybridized carbons (Fsp3) is 0.500. The van der Waals surface area contributed by atoms with Crippen molar-refractivity contribution >= 4 is 5.96 Å². The molecule has 0 fully saturated rings. The first-order valence-corrected chi connectivity index (χ1v) is 8.37. The number of guanidine groups is 1. The Morgan fingerprint density at radius 2 is 2.15 bits per heavy atom. The van der Waals surface area contributed by atoms with Crippen LogP contribution < -0.4 is 15.4 Å². The molecular weight excluding hydrogens is 363 g/mol. The first-order valence-electron chi connectivity index (χ1n) is 8.37. The maximum atomic E-state index is 12.2. The van der Waals surface area contributed by atoms with Gasteiger partial charge in [0.2, 0.25) is 5.88 Å². The maximum absolute atomic E-state index is 12.2. The molecule has 11 heteroatoms. The number of pyridine rings is 1. The van der Waals surface area contributed by atoms with Crippen molar-refractivity contribution in [1.82, 2.24) is 30.4 Å². The zero-order chi connectivity index (χ0) is 19.7. The van der Waals surface area contributed by atoms with E-state index < -0.39 is 12.8 Å². The lowest BCUT2D eigenvalue weighted by atomic mass is 10.2. The largest absolute Gasteiger partial charge is 0.468 e. The summed E-state index contributed by atoms with van der Waals surface area (Å²) >= 11 is 0. The quantitative estimate of drug-likeness (QED) is 0.529. The average molecular weight is 385 g/mol. The van der Waals surface area contributed by atoms with Crippen LogP contribution in [0.5, 0.6) is 5.88 Å². The Morgan fingerprint density at radius 3 is 2.85 bits per heavy atom. The van der Waals surface area contributed by atoms with E-state index in [1.807, 2.05) is 11.5 Å². The monoisotopic (exact) mass is 385 g/mol. The van der Waals surface area contributed by atoms with Crippen LogP contribution >= 0.6 is 0 Å². The summed E-state index contributed by atoms with van der Waals surface area (Å²) in [4.78, 5) is 7.89. The van der Waals surface area contributed by atoms with Crippen LogP contribution in [-0.4, -0.2) is 52.1 Å². The van der Waals surface area contributed by atoms with Crippen molar-refractivity contribution in [3.8, 4) is 5.88 Å². The number of nitrogens with one attached hydrogen (secondary N) is 2. The van der Waals surface area contributed by atoms with Crippen LogP contribution in [0.2, 0.25) is 0 Å². The molecule has 0 radical (unpaired) electrons. The Morgan fingerprint density at radius 1 is 1.33 bits per heavy atom. The van der Waals surface area contributed by atoms with Gasteiger partial charge < -0.3 is 19.9 Å². The van der Waals surface area contributed by atoms with Gasteiger partial charge in [0.1, 0.15) is 12.2 Å². The summed E-state index contributed by atoms with van der Waals surface area (Å²) in [7, 11) is 1.63. The van der Waals surface area contributed by atoms with Gasteiger partial charge in [-0.2, -0.15) is 13.2 Å². The number of alkyl halides is 3. The molecule has 2 aromatic heterocycles. The molecule has 148 valence electrons. The number of aryl methyl sites for hydroxylation is 1. The Balaban J connectivity index is 1.80. The molecule has 2 heterocycles. The molecule has 0 aliphatic rings. The van der Waals surface area contributed by atoms with Gasteiger partial charge in [0.15, 0.2) is 12.6 Å². The first-order chi connectivity index (χ1) is 12.9. The van der Waals surface area contributed by atoms with E-state index >= 15 is 0 Å². The van der Waals surface area contributed by atoms with Gasteiger partial charge >= 0.3 is 6.18 Å². The molecule has 2 aromatic rings. The Kier molecular flexibility index (Phi) is 7.38. The van der Waals surface area contributed by atoms with E-state index in [-0.39, 0.29) is 5.88 Å². The Bertz CT molecular complexity index is 746. The van der Waals surface area contributed by atoms with E-state index in [0.717, 1.165) is 17.8 Å². The molecule has 2 N–H and O–H groups in total. The fourth-order valence-electron chi connectivity index (χ4n) is 2.24. The molecule has 27 heavy (non-hydrogen) atoms. The standard InChI is InChI=1S/C16H22F3N7O/c1-3-13-25-24-11-26(13)7-6-22-15(20-2)23-9-12-4-5-21-14(8-12)27-10-16(17,18)19/h4-5,8,11H,3,6-7,9-10H2,1-2H3,(H2,20,22,23). The molecule has 0 aromatic carbocycles. The highest BCUT2D eigenvalue weighted by Crippen LogP contribution is 2.17. The number of aliphatic imine (C=N–C) groups is 1. The number of hydrogen-bond acceptors (Lipinski definition) is 5. The van der Waals surface area contributed by atoms with Crippen LogP contribution in [-0.2, 0) is 19.5 Å². The summed E-state index contributed by atoms with van der Waals surface area (Å²) in [5.41, 5.74) is 0.720. The van der Waals surface area contributed by atoms with Crippen molar-refractivity contribution in [2.24, 2.45) is 4.99 Å². The zero-order valence-corrected chi connectivity index (χ0v) is 15.1. The number of nitrogens with zero attached hydrogens (tertiary/aromatic N) is 5. The van der Waals surface area contributed by atoms with Crippen LogP contribution in [0.1, 0.15) is 18.3 Å². The Labute approximate surface area is 154 Å². The van der Waals surface area contributed by atoms with Crippen LogP contribution in [0.3, 0.4) is 0 Å². The van der Waals surface area contributed by atoms with Gasteiger partial charge in [0.05, 0.1) is 0 Å². The van der Waals surface area contributed by atoms with E-state index in [0.29, 0.717) is 25.6 Å². The molecule has 0 amide bonds. The second-order valence-electron chi connectivity index (χ2n) is 5.55. The predicted molar refractivity (Wildman–Crippen MR) is 93.4 cm³/mol. The molecule has 2 rings (SSSR count). The molecule has 0 bridgehead atoms. The number of ether oxygens (including phenoxy) is 1. The molecule has 0 saturated carbocycles. The summed E-state index contributed by atoms with van der Waals surface area (Å²) in [6.45, 7) is 2.29. The fourth-order valence-corrected chi connectivity index (χ4v) is 2.24. The SMILES string of the molecule is CCc1nncn1CCNC(=NC)NCc1ccnc(OCC(F)(F)F)c1. The third-order valence-corrected chi connectivity index (χ3v) is 3.52. The van der Waals surface area contributed by atoms with Crippen molar-refractivity contribution < 1.29 is 17.9 Å². The Hall–Kier alpha value is -2.85. The number of aromatic nitrogens is 4. The van der Waals surface area contributed by atoms with Gasteiger partial charge in [-0.25, -0.2) is 4.98 Å². The van der Waals surface area contributed by atoms with Crippen molar-refractivity contribution in [3.05, 3.63) is 36.0 Å². The van der Waals surface area contributed by atoms with Crippen molar-refractivity contribution in [2.75, 3.05) is 20.2 Å². The zero-order valence-electron chi connectivity index (χ0n) is 15.1. The smallest absolute Gasteiger partial charge is 0.422 e. The van der Waals surface area contributed by atoms with Gasteiger partial charge in [-0.1, -0.05) is 6.92 Å². The second-order valence-corrected chi connectivity index (χ2v) is 5.55. The highest BCUT2D eigenvalue weighted by Gasteiger charge is 2.28. The molecule has 0 saturated heterocycles. The highest BCUT2D eigenvalue weighted by atomic mass is 19.4. The lowest BCUT2D eigenvalue weighted by Crippen LogP contribution is -2.38. The predicted octanol–water partition coefficient (Wildman–Crippen LogP) is 1.54. The van der Waals surface area contributed by atoms with Gasteiger partial charge in [0.25, 0.3) is 0 Å². The molecular formula is C16H22F3N7O. The van der Waals surface area contributed by atoms with Crippen LogP contribution in [0.15, 0.2) is 29.6 Å². The maximum Gasteiger partial charge on any atom is 0.422 e. The minimum absolute atomic E-state index is 0.0747. The summed E-state index contributed by atoms with van der Waals surface area (Å²) in [5, 5.41) is 14.1. The van der Waals surface area contributed by atoms with E-state index in [4.69, 9.17) is 0 Å². The lowest BCUT2D eigenvalue weighted by molar-refractivity contribution is -0.154. The van der Waals surface area contributed by atoms with Crippen LogP contribution in [0.4, 0.5) is 13.2 Å². The van der Waals surface area contributed by atoms with Crippen LogP contribution in [0.25, 0.3) is 0 Å². The van der Waals surface area contributed by atoms with E-state index in [2.05, 4.69) is 35.5 Å². The summed E-state index contributed by atoms with van der Waals surface area (Å²) in [6.07, 6.45) is -0.522. The first kappa shape index (κ1) is 20.5. The normalized spacial score (nSPS) is 12.1. The number of hydrogen-bond donors (Lipinski definition) is 2. The van der Waals surface area contributed by atoms with Gasteiger partial charge in [-0.15, -0.1) is 10.2 Å². The number of halogens is 3. The molecule has 0 atom stereocenters. The van der Waals surface area contributed by atoms with E-state index in [1.165, 1.54) is 12.3 Å². The minimum atomic E-state index is -4.40. The highest BCUT2D eigenvalue weighted by molar-refractivity contribution is 5.79. The molecule has 0 unspecified atom stereocenters. The molecule has 0 aliphatic carbocycles. The third-order valence-electron chi connectivity index (χ3n) is 3.52. The number of rotatable bonds is 8. The minimum Gasteiger partial charge on any atom is -0.468 e. The second kappa shape index (κ2) is 9.74. The lowest BCUT2D eigenvalue weighted by Gasteiger charge is -2.13. The third kappa shape index (κ3) is 7.12. The van der Waals surface area contributed by atoms with Gasteiger partial charge in [-0.3, -0.25) is 4.99 Å². The van der Waals surface area contributed by atoms with Crippen molar-refractivity contribution in [3.63, 3.8) is 0 Å². The van der Waals surface area contributed by atoms with Crippen molar-refractivity contribution in [2.45, 2.75) is 32.6 Å². The molecule has 0 spiro atoms. The van der Waals surface area contributed by atoms with E-state index in [9.17, 15) is 13.2 Å². The van der Waals surface area contributed by atoms with Crippen LogP contribution in [0, 0.1) is 0 Å². The molecule has 8 nitrogen and oxygen atoms in total. The summed E-state index contributed by atoms with van der Waals surface area (Å²) in [5.74, 6) is 1.40. The molecule has 0 aliphatic heterocycles. The van der Waals surface area contributed by atoms with E-state index in [1.54, 1.807) is 19.4 Å². The topological polar surface area (TPSA) is 89.2 Å². The van der Waals surface area contributed by atoms with Gasteiger partial charge in [-0.05, 0) is 11.6 Å². The van der Waals surface area contributed by atoms with Gasteiger partial charge in [0, 0.05) is 45.4 Å². The average Bonchev–Trinajstić information content (AvgIpc) is 3.10. The van der Waals surface area contributed by atoms with Crippen molar-refractivity contribution in [1.29, 1.82) is 0 Å². The summed E-state index contributed by atoms with van der Waals surface area (Å²) in [6, 6.07) is 3.14.